The minimum Gasteiger partial charge on any atom is -0.493 e. The third kappa shape index (κ3) is 4.80. The molecule has 0 aromatic heterocycles. The van der Waals surface area contributed by atoms with E-state index in [1.165, 1.54) is 16.6 Å². The van der Waals surface area contributed by atoms with Crippen LogP contribution in [0.1, 0.15) is 12.5 Å². The summed E-state index contributed by atoms with van der Waals surface area (Å²) in [7, 11) is -3.18. The highest BCUT2D eigenvalue weighted by atomic mass is 32.2. The van der Waals surface area contributed by atoms with Crippen LogP contribution in [0.25, 0.3) is 6.08 Å². The van der Waals surface area contributed by atoms with Gasteiger partial charge in [0.1, 0.15) is 5.75 Å². The summed E-state index contributed by atoms with van der Waals surface area (Å²) in [5, 5.41) is 0. The molecular formula is C16H22N2O4S. The summed E-state index contributed by atoms with van der Waals surface area (Å²) in [4.78, 5) is 13.9. The van der Waals surface area contributed by atoms with E-state index in [1.54, 1.807) is 11.0 Å². The van der Waals surface area contributed by atoms with Crippen LogP contribution in [-0.2, 0) is 14.8 Å². The number of carbonyl (C=O) groups excluding carboxylic acids is 1. The Balaban J connectivity index is 1.98. The highest BCUT2D eigenvalue weighted by Crippen LogP contribution is 2.19. The second-order valence-corrected chi connectivity index (χ2v) is 7.27. The van der Waals surface area contributed by atoms with Gasteiger partial charge in [-0.1, -0.05) is 18.2 Å². The Bertz CT molecular complexity index is 677. The summed E-state index contributed by atoms with van der Waals surface area (Å²) in [6, 6.07) is 7.51. The molecule has 1 heterocycles. The van der Waals surface area contributed by atoms with Crippen molar-refractivity contribution in [2.75, 3.05) is 39.0 Å². The zero-order valence-electron chi connectivity index (χ0n) is 13.4. The van der Waals surface area contributed by atoms with Crippen molar-refractivity contribution in [3.8, 4) is 5.75 Å². The fourth-order valence-corrected chi connectivity index (χ4v) is 3.24. The number of piperazine rings is 1. The molecule has 0 saturated carbocycles. The molecule has 6 nitrogen and oxygen atoms in total. The first-order chi connectivity index (χ1) is 10.9. The van der Waals surface area contributed by atoms with Gasteiger partial charge in [0.2, 0.25) is 15.9 Å². The maximum absolute atomic E-state index is 12.2. The molecule has 0 N–H and O–H groups in total. The van der Waals surface area contributed by atoms with Gasteiger partial charge in [0, 0.05) is 37.8 Å². The van der Waals surface area contributed by atoms with E-state index in [9.17, 15) is 13.2 Å². The third-order valence-corrected chi connectivity index (χ3v) is 4.95. The van der Waals surface area contributed by atoms with E-state index in [1.807, 2.05) is 31.2 Å². The Morgan fingerprint density at radius 2 is 1.87 bits per heavy atom. The number of hydrogen-bond donors (Lipinski definition) is 0. The van der Waals surface area contributed by atoms with Crippen molar-refractivity contribution >= 4 is 22.0 Å². The summed E-state index contributed by atoms with van der Waals surface area (Å²) in [5.74, 6) is 0.616. The first kappa shape index (κ1) is 17.5. The number of carbonyl (C=O) groups is 1. The van der Waals surface area contributed by atoms with E-state index in [-0.39, 0.29) is 5.91 Å². The Morgan fingerprint density at radius 3 is 2.48 bits per heavy atom. The SMILES string of the molecule is CCOc1ccccc1/C=C/C(=O)N1CCN(S(C)(=O)=O)CC1. The van der Waals surface area contributed by atoms with E-state index in [4.69, 9.17) is 4.74 Å². The summed E-state index contributed by atoms with van der Waals surface area (Å²) < 4.78 is 29.8. The molecule has 23 heavy (non-hydrogen) atoms. The number of amides is 1. The van der Waals surface area contributed by atoms with Gasteiger partial charge in [-0.25, -0.2) is 8.42 Å². The van der Waals surface area contributed by atoms with Gasteiger partial charge in [-0.15, -0.1) is 0 Å². The molecule has 1 fully saturated rings. The number of ether oxygens (including phenoxy) is 1. The zero-order chi connectivity index (χ0) is 16.9. The molecule has 1 aromatic carbocycles. The number of benzene rings is 1. The smallest absolute Gasteiger partial charge is 0.246 e. The largest absolute Gasteiger partial charge is 0.493 e. The van der Waals surface area contributed by atoms with Gasteiger partial charge in [0.15, 0.2) is 0 Å². The first-order valence-corrected chi connectivity index (χ1v) is 9.40. The van der Waals surface area contributed by atoms with Crippen molar-refractivity contribution in [1.82, 2.24) is 9.21 Å². The van der Waals surface area contributed by atoms with Gasteiger partial charge in [-0.3, -0.25) is 4.79 Å². The molecule has 1 aromatic rings. The lowest BCUT2D eigenvalue weighted by Gasteiger charge is -2.32. The monoisotopic (exact) mass is 338 g/mol. The van der Waals surface area contributed by atoms with E-state index >= 15 is 0 Å². The second-order valence-electron chi connectivity index (χ2n) is 5.29. The third-order valence-electron chi connectivity index (χ3n) is 3.64. The summed E-state index contributed by atoms with van der Waals surface area (Å²) in [6.45, 7) is 3.97. The molecule has 126 valence electrons. The van der Waals surface area contributed by atoms with Crippen LogP contribution in [0.4, 0.5) is 0 Å². The van der Waals surface area contributed by atoms with Crippen LogP contribution in [0.5, 0.6) is 5.75 Å². The number of sulfonamides is 1. The van der Waals surface area contributed by atoms with Crippen LogP contribution in [0.3, 0.4) is 0 Å². The maximum atomic E-state index is 12.2. The lowest BCUT2D eigenvalue weighted by molar-refractivity contribution is -0.127. The predicted molar refractivity (Wildman–Crippen MR) is 89.6 cm³/mol. The van der Waals surface area contributed by atoms with Crippen LogP contribution < -0.4 is 4.74 Å². The molecule has 1 amide bonds. The maximum Gasteiger partial charge on any atom is 0.246 e. The Morgan fingerprint density at radius 1 is 1.22 bits per heavy atom. The molecule has 0 unspecified atom stereocenters. The highest BCUT2D eigenvalue weighted by molar-refractivity contribution is 7.88. The topological polar surface area (TPSA) is 66.9 Å². The van der Waals surface area contributed by atoms with E-state index in [0.717, 1.165) is 11.3 Å². The van der Waals surface area contributed by atoms with Gasteiger partial charge in [-0.2, -0.15) is 4.31 Å². The average Bonchev–Trinajstić information content (AvgIpc) is 2.53. The minimum atomic E-state index is -3.18. The van der Waals surface area contributed by atoms with E-state index in [0.29, 0.717) is 32.8 Å². The van der Waals surface area contributed by atoms with Crippen molar-refractivity contribution in [3.05, 3.63) is 35.9 Å². The summed E-state index contributed by atoms with van der Waals surface area (Å²) in [6.07, 6.45) is 4.43. The zero-order valence-corrected chi connectivity index (χ0v) is 14.3. The highest BCUT2D eigenvalue weighted by Gasteiger charge is 2.24. The first-order valence-electron chi connectivity index (χ1n) is 7.55. The molecule has 0 bridgehead atoms. The van der Waals surface area contributed by atoms with Crippen molar-refractivity contribution in [2.24, 2.45) is 0 Å². The van der Waals surface area contributed by atoms with Gasteiger partial charge >= 0.3 is 0 Å². The Kier molecular flexibility index (Phi) is 5.79. The number of para-hydroxylation sites is 1. The molecule has 0 spiro atoms. The Labute approximate surface area is 137 Å². The molecule has 0 radical (unpaired) electrons. The van der Waals surface area contributed by atoms with Crippen LogP contribution in [-0.4, -0.2) is 62.6 Å². The fourth-order valence-electron chi connectivity index (χ4n) is 2.41. The van der Waals surface area contributed by atoms with Gasteiger partial charge in [0.05, 0.1) is 12.9 Å². The normalized spacial score (nSPS) is 16.7. The average molecular weight is 338 g/mol. The molecule has 7 heteroatoms. The van der Waals surface area contributed by atoms with E-state index < -0.39 is 10.0 Å². The molecule has 1 aliphatic heterocycles. The lowest BCUT2D eigenvalue weighted by atomic mass is 10.2. The minimum absolute atomic E-state index is 0.121. The van der Waals surface area contributed by atoms with Crippen LogP contribution in [0.2, 0.25) is 0 Å². The lowest BCUT2D eigenvalue weighted by Crippen LogP contribution is -2.49. The predicted octanol–water partition coefficient (Wildman–Crippen LogP) is 1.20. The molecular weight excluding hydrogens is 316 g/mol. The molecule has 1 aliphatic rings. The Hall–Kier alpha value is -1.86. The quantitative estimate of drug-likeness (QED) is 0.757. The van der Waals surface area contributed by atoms with E-state index in [2.05, 4.69) is 0 Å². The van der Waals surface area contributed by atoms with Crippen LogP contribution in [0, 0.1) is 0 Å². The second kappa shape index (κ2) is 7.61. The van der Waals surface area contributed by atoms with Crippen LogP contribution in [0.15, 0.2) is 30.3 Å². The number of hydrogen-bond acceptors (Lipinski definition) is 4. The fraction of sp³-hybridized carbons (Fsp3) is 0.438. The van der Waals surface area contributed by atoms with Crippen molar-refractivity contribution in [3.63, 3.8) is 0 Å². The van der Waals surface area contributed by atoms with Crippen LogP contribution >= 0.6 is 0 Å². The number of nitrogens with zero attached hydrogens (tertiary/aromatic N) is 2. The summed E-state index contributed by atoms with van der Waals surface area (Å²) in [5.41, 5.74) is 0.845. The van der Waals surface area contributed by atoms with Gasteiger partial charge in [0.25, 0.3) is 0 Å². The van der Waals surface area contributed by atoms with Gasteiger partial charge in [-0.05, 0) is 19.1 Å². The standard InChI is InChI=1S/C16H22N2O4S/c1-3-22-15-7-5-4-6-14(15)8-9-16(19)17-10-12-18(13-11-17)23(2,20)21/h4-9H,3,10-13H2,1-2H3/b9-8+. The number of rotatable bonds is 5. The summed E-state index contributed by atoms with van der Waals surface area (Å²) >= 11 is 0. The van der Waals surface area contributed by atoms with Gasteiger partial charge < -0.3 is 9.64 Å². The molecule has 1 saturated heterocycles. The van der Waals surface area contributed by atoms with Crippen molar-refractivity contribution in [2.45, 2.75) is 6.92 Å². The molecule has 0 aliphatic carbocycles. The molecule has 0 atom stereocenters. The molecule has 2 rings (SSSR count). The van der Waals surface area contributed by atoms with Crippen molar-refractivity contribution in [1.29, 1.82) is 0 Å². The van der Waals surface area contributed by atoms with Crippen molar-refractivity contribution < 1.29 is 17.9 Å².